The number of rotatable bonds is 3. The molecule has 0 heterocycles. The number of ether oxygens (including phenoxy) is 2. The number of methoxy groups -OCH3 is 2. The van der Waals surface area contributed by atoms with E-state index >= 15 is 0 Å². The Balaban J connectivity index is 0.00000169. The molecule has 1 aromatic carbocycles. The molecule has 0 aliphatic rings. The van der Waals surface area contributed by atoms with Gasteiger partial charge in [-0.25, -0.2) is 0 Å². The molecule has 0 saturated carbocycles. The van der Waals surface area contributed by atoms with E-state index in [9.17, 15) is 0 Å². The van der Waals surface area contributed by atoms with E-state index in [4.69, 9.17) is 15.2 Å². The van der Waals surface area contributed by atoms with Crippen molar-refractivity contribution in [1.82, 2.24) is 0 Å². The van der Waals surface area contributed by atoms with Crippen molar-refractivity contribution >= 4 is 25.4 Å². The van der Waals surface area contributed by atoms with E-state index in [1.54, 1.807) is 35.9 Å². The zero-order valence-corrected chi connectivity index (χ0v) is 10.5. The summed E-state index contributed by atoms with van der Waals surface area (Å²) in [6.45, 7) is 0.506. The van der Waals surface area contributed by atoms with Crippen LogP contribution < -0.4 is 31.3 Å². The maximum Gasteiger partial charge on any atom is -1.00 e. The van der Waals surface area contributed by atoms with Crippen LogP contribution in [0.2, 0.25) is 0 Å². The summed E-state index contributed by atoms with van der Waals surface area (Å²) in [5, 5.41) is 0. The van der Waals surface area contributed by atoms with Gasteiger partial charge in [-0.1, -0.05) is 0 Å². The summed E-state index contributed by atoms with van der Waals surface area (Å²) < 4.78 is 11.4. The van der Waals surface area contributed by atoms with E-state index in [0.717, 1.165) is 20.8 Å². The second-order valence-corrected chi connectivity index (χ2v) is 3.38. The van der Waals surface area contributed by atoms with Crippen molar-refractivity contribution in [3.05, 3.63) is 17.7 Å². The summed E-state index contributed by atoms with van der Waals surface area (Å²) in [7, 11) is 3.28. The molecule has 3 nitrogen and oxygen atoms in total. The van der Waals surface area contributed by atoms with Crippen LogP contribution in [0.3, 0.4) is 0 Å². The third-order valence-corrected chi connectivity index (χ3v) is 2.75. The molecule has 1 aromatic rings. The second kappa shape index (κ2) is 6.34. The average Bonchev–Trinajstić information content (AvgIpc) is 2.18. The topological polar surface area (TPSA) is 44.5 Å². The zero-order valence-electron chi connectivity index (χ0n) is 8.34. The summed E-state index contributed by atoms with van der Waals surface area (Å²) in [5.74, 6) is 1.62. The summed E-state index contributed by atoms with van der Waals surface area (Å²) in [4.78, 5) is 0. The molecule has 2 N–H and O–H groups in total. The minimum Gasteiger partial charge on any atom is -1.00 e. The summed E-state index contributed by atoms with van der Waals surface area (Å²) in [6.07, 6.45) is 0. The first-order valence-corrected chi connectivity index (χ1v) is 4.70. The standard InChI is InChI=1S/C9H12NO2.ClH.Mg/c1-11-8-3-7(6-10)4-9(5-8)12-2;;/h3,5H,6,10H2,1-2H3;1H;/q;;+1/p-1. The van der Waals surface area contributed by atoms with Gasteiger partial charge >= 0.3 is 90.6 Å². The van der Waals surface area contributed by atoms with Gasteiger partial charge in [0.05, 0.1) is 0 Å². The molecule has 0 bridgehead atoms. The number of halogens is 1. The molecule has 0 amide bonds. The Morgan fingerprint density at radius 1 is 1.29 bits per heavy atom. The molecule has 0 atom stereocenters. The van der Waals surface area contributed by atoms with Crippen LogP contribution >= 0.6 is 0 Å². The predicted molar refractivity (Wildman–Crippen MR) is 52.8 cm³/mol. The minimum atomic E-state index is 0. The van der Waals surface area contributed by atoms with Crippen molar-refractivity contribution in [2.45, 2.75) is 6.54 Å². The molecule has 5 heteroatoms. The van der Waals surface area contributed by atoms with Gasteiger partial charge in [0.2, 0.25) is 0 Å². The third kappa shape index (κ3) is 2.91. The minimum absolute atomic E-state index is 0. The van der Waals surface area contributed by atoms with Crippen molar-refractivity contribution in [1.29, 1.82) is 0 Å². The van der Waals surface area contributed by atoms with Gasteiger partial charge in [-0.3, -0.25) is 0 Å². The summed E-state index contributed by atoms with van der Waals surface area (Å²) >= 11 is 1.78. The van der Waals surface area contributed by atoms with Crippen molar-refractivity contribution in [3.63, 3.8) is 0 Å². The first kappa shape index (κ1) is 13.8. The number of hydrogen-bond donors (Lipinski definition) is 1. The molecule has 0 spiro atoms. The number of nitrogens with two attached hydrogens (primary N) is 1. The van der Waals surface area contributed by atoms with E-state index in [2.05, 4.69) is 0 Å². The smallest absolute Gasteiger partial charge is 1.00 e. The summed E-state index contributed by atoms with van der Waals surface area (Å²) in [6, 6.07) is 3.80. The molecule has 0 aromatic heterocycles. The fourth-order valence-corrected chi connectivity index (χ4v) is 1.65. The van der Waals surface area contributed by atoms with E-state index in [1.807, 2.05) is 12.1 Å². The molecule has 14 heavy (non-hydrogen) atoms. The van der Waals surface area contributed by atoms with Crippen molar-refractivity contribution in [2.24, 2.45) is 5.73 Å². The van der Waals surface area contributed by atoms with Crippen LogP contribution in [0.1, 0.15) is 5.56 Å². The Kier molecular flexibility index (Phi) is 6.27. The first-order chi connectivity index (χ1) is 6.22. The van der Waals surface area contributed by atoms with Gasteiger partial charge in [0.1, 0.15) is 0 Å². The Bertz CT molecular complexity index is 282. The molecular formula is C9H12ClMgNO2. The van der Waals surface area contributed by atoms with Crippen LogP contribution in [0.5, 0.6) is 11.5 Å². The largest absolute Gasteiger partial charge is 1.00 e. The zero-order chi connectivity index (χ0) is 9.84. The molecule has 0 aliphatic heterocycles. The van der Waals surface area contributed by atoms with Gasteiger partial charge in [-0.15, -0.1) is 0 Å². The quantitative estimate of drug-likeness (QED) is 0.557. The second-order valence-electron chi connectivity index (χ2n) is 2.67. The van der Waals surface area contributed by atoms with Crippen molar-refractivity contribution < 1.29 is 21.9 Å². The fourth-order valence-electron chi connectivity index (χ4n) is 1.16. The van der Waals surface area contributed by atoms with Crippen LogP contribution in [-0.2, 0) is 6.54 Å². The first-order valence-electron chi connectivity index (χ1n) is 3.99. The predicted octanol–water partition coefficient (Wildman–Crippen LogP) is -3.04. The molecule has 0 radical (unpaired) electrons. The van der Waals surface area contributed by atoms with Crippen LogP contribution in [-0.4, -0.2) is 35.9 Å². The van der Waals surface area contributed by atoms with Gasteiger partial charge < -0.3 is 12.4 Å². The summed E-state index contributed by atoms with van der Waals surface area (Å²) in [5.41, 5.74) is 6.66. The van der Waals surface area contributed by atoms with Gasteiger partial charge in [-0.05, 0) is 0 Å². The molecule has 1 rings (SSSR count). The average molecular weight is 226 g/mol. The van der Waals surface area contributed by atoms with Gasteiger partial charge in [0.15, 0.2) is 0 Å². The Hall–Kier alpha value is -0.164. The molecule has 0 fully saturated rings. The molecular weight excluding hydrogens is 214 g/mol. The Morgan fingerprint density at radius 2 is 1.93 bits per heavy atom. The van der Waals surface area contributed by atoms with E-state index in [-0.39, 0.29) is 12.4 Å². The SMILES string of the molecule is COc1cc(CN)[c]([Mg+])c(OC)c1.[Cl-]. The molecule has 0 unspecified atom stereocenters. The van der Waals surface area contributed by atoms with Crippen molar-refractivity contribution in [2.75, 3.05) is 14.2 Å². The fraction of sp³-hybridized carbons (Fsp3) is 0.333. The van der Waals surface area contributed by atoms with E-state index < -0.39 is 0 Å². The third-order valence-electron chi connectivity index (χ3n) is 1.95. The Labute approximate surface area is 103 Å². The maximum absolute atomic E-state index is 5.59. The maximum atomic E-state index is 5.59. The number of benzene rings is 1. The van der Waals surface area contributed by atoms with E-state index in [1.165, 1.54) is 0 Å². The van der Waals surface area contributed by atoms with Crippen molar-refractivity contribution in [3.8, 4) is 11.5 Å². The van der Waals surface area contributed by atoms with Crippen LogP contribution in [0.25, 0.3) is 0 Å². The van der Waals surface area contributed by atoms with Crippen LogP contribution in [0.4, 0.5) is 0 Å². The van der Waals surface area contributed by atoms with Gasteiger partial charge in [-0.2, -0.15) is 0 Å². The van der Waals surface area contributed by atoms with Gasteiger partial charge in [0.25, 0.3) is 0 Å². The Morgan fingerprint density at radius 3 is 2.36 bits per heavy atom. The number of hydrogen-bond acceptors (Lipinski definition) is 3. The van der Waals surface area contributed by atoms with Crippen LogP contribution in [0, 0.1) is 0 Å². The molecule has 0 aliphatic carbocycles. The van der Waals surface area contributed by atoms with Gasteiger partial charge in [0, 0.05) is 0 Å². The molecule has 74 valence electrons. The molecule has 0 saturated heterocycles. The van der Waals surface area contributed by atoms with E-state index in [0.29, 0.717) is 6.54 Å². The monoisotopic (exact) mass is 225 g/mol. The van der Waals surface area contributed by atoms with Crippen LogP contribution in [0.15, 0.2) is 12.1 Å². The normalized spacial score (nSPS) is 9.21.